The quantitative estimate of drug-likeness (QED) is 0.0691. The van der Waals surface area contributed by atoms with Crippen molar-refractivity contribution in [2.45, 2.75) is 270 Å². The first-order valence-corrected chi connectivity index (χ1v) is 42.2. The molecular weight excluding hydrogens is 1600 g/mol. The summed E-state index contributed by atoms with van der Waals surface area (Å²) in [5.41, 5.74) is 5.40. The first-order chi connectivity index (χ1) is 55.1. The van der Waals surface area contributed by atoms with E-state index in [9.17, 15) is 33.6 Å². The summed E-state index contributed by atoms with van der Waals surface area (Å²) < 4.78 is 4.43. The molecule has 0 radical (unpaired) electrons. The number of amides is 2. The minimum Gasteiger partial charge on any atom is -0.350 e. The Morgan fingerprint density at radius 2 is 0.908 bits per heavy atom. The molecule has 14 rings (SSSR count). The zero-order chi connectivity index (χ0) is 85.8. The average Bonchev–Trinajstić information content (AvgIpc) is 0.731. The molecule has 5 saturated heterocycles. The number of pyridine rings is 6. The Bertz CT molecular complexity index is 5530. The van der Waals surface area contributed by atoms with Gasteiger partial charge in [0.25, 0.3) is 11.1 Å². The highest BCUT2D eigenvalue weighted by Gasteiger charge is 2.38. The number of aryl methyl sites for hydroxylation is 3. The Morgan fingerprint density at radius 3 is 1.32 bits per heavy atom. The van der Waals surface area contributed by atoms with Crippen LogP contribution in [0.5, 0.6) is 0 Å². The number of piperazine rings is 2. The van der Waals surface area contributed by atoms with Gasteiger partial charge in [0, 0.05) is 98.6 Å². The second-order valence-corrected chi connectivity index (χ2v) is 35.8. The molecule has 0 spiro atoms. The first kappa shape index (κ1) is 97.9. The summed E-state index contributed by atoms with van der Waals surface area (Å²) >= 11 is 25.7. The number of hydrogen-bond donors (Lipinski definition) is 4. The highest BCUT2D eigenvalue weighted by molar-refractivity contribution is 6.41. The molecule has 0 bridgehead atoms. The summed E-state index contributed by atoms with van der Waals surface area (Å²) in [5, 5.41) is 9.03. The molecule has 4 atom stereocenters. The van der Waals surface area contributed by atoms with E-state index in [1.165, 1.54) is 53.2 Å². The van der Waals surface area contributed by atoms with Crippen LogP contribution in [0.2, 0.25) is 20.2 Å². The van der Waals surface area contributed by atoms with E-state index in [0.717, 1.165) is 98.5 Å². The molecule has 9 aromatic rings. The third-order valence-corrected chi connectivity index (χ3v) is 24.0. The summed E-state index contributed by atoms with van der Waals surface area (Å²) in [6.45, 7) is 52.1. The maximum Gasteiger partial charge on any atom is 0.355 e. The number of fused-ring (bicyclic) bond motifs is 3. The molecule has 5 fully saturated rings. The standard InChI is InChI=1S/C32H42ClN7O2.C23H28ClN5O2.C16H14Cl2N4O2.C9H16N2O.C7H15N.3CH4/c1-9-25(41)37-17-22(6)38(18-21(37)5)28-23-16-24(33)30(39-15-11-10-13-32(39,7)8)35-29(23)40(31(42)36-28)27-20(4)12-14-34-26(27)19(2)3;1-13(2)17-18(14(3)8-10-25-17)29-19-15(21(30)27-22(29)31)12-16(24)20(26-19)28-11-7-6-9-23(28,4)5;1-7(2)11-12(8(3)4-5-19-11)22-14-9(15(23)21-16(22)24)6-10(17)13(18)20-14;1-4-9(12)11-6-7(2)10-5-8(11)3;1-7(2)5-3-4-6-8-7;;;/h9,12,14,16,19,21-22H,1,10-11,13,15,17-18H2,2-8H3;8,10,12-13H,6-7,9,11H2,1-5H3,(H,27,30,31);4-7H,1-3H3,(H,21,23,24);4,7-8,10H,1,5-6H2,2-3H3;8H,3-6H2,1-2H3;3*1H4/t21-,22+;;;7-,8+;;;;/m1..0..../s1. The van der Waals surface area contributed by atoms with Crippen molar-refractivity contribution in [3.05, 3.63) is 186 Å². The first-order valence-electron chi connectivity index (χ1n) is 40.7. The van der Waals surface area contributed by atoms with Gasteiger partial charge < -0.3 is 35.1 Å². The lowest BCUT2D eigenvalue weighted by atomic mass is 9.90. The van der Waals surface area contributed by atoms with E-state index < -0.39 is 28.2 Å². The van der Waals surface area contributed by atoms with Crippen LogP contribution in [-0.2, 0) is 9.59 Å². The highest BCUT2D eigenvalue weighted by Crippen LogP contribution is 2.42. The molecule has 14 heterocycles. The van der Waals surface area contributed by atoms with Gasteiger partial charge in [0.2, 0.25) is 11.8 Å². The van der Waals surface area contributed by atoms with Crippen molar-refractivity contribution in [1.29, 1.82) is 0 Å². The number of piperidine rings is 3. The predicted molar refractivity (Wildman–Crippen MR) is 495 cm³/mol. The van der Waals surface area contributed by atoms with Gasteiger partial charge in [0.05, 0.1) is 65.4 Å². The van der Waals surface area contributed by atoms with E-state index >= 15 is 0 Å². The van der Waals surface area contributed by atoms with Gasteiger partial charge in [-0.05, 0) is 231 Å². The van der Waals surface area contributed by atoms with Crippen molar-refractivity contribution in [2.24, 2.45) is 0 Å². The summed E-state index contributed by atoms with van der Waals surface area (Å²) in [5.74, 6) is 1.96. The number of rotatable bonds is 11. The Balaban J connectivity index is 0.000000224. The number of carbonyl (C=O) groups is 2. The fraction of sp³-hybridized carbons (Fsp3) is 0.533. The van der Waals surface area contributed by atoms with E-state index in [0.29, 0.717) is 85.9 Å². The summed E-state index contributed by atoms with van der Waals surface area (Å²) in [7, 11) is 0. The van der Waals surface area contributed by atoms with Gasteiger partial charge in [-0.15, -0.1) is 0 Å². The van der Waals surface area contributed by atoms with Crippen molar-refractivity contribution in [3.63, 3.8) is 0 Å². The van der Waals surface area contributed by atoms with Crippen molar-refractivity contribution < 1.29 is 9.59 Å². The van der Waals surface area contributed by atoms with Crippen LogP contribution in [-0.4, -0.2) is 167 Å². The maximum atomic E-state index is 14.2. The molecule has 0 aromatic carbocycles. The molecule has 0 saturated carbocycles. The van der Waals surface area contributed by atoms with Crippen LogP contribution in [0.25, 0.3) is 50.2 Å². The lowest BCUT2D eigenvalue weighted by molar-refractivity contribution is -0.129. The fourth-order valence-corrected chi connectivity index (χ4v) is 17.0. The van der Waals surface area contributed by atoms with Crippen LogP contribution in [0.1, 0.15) is 242 Å². The van der Waals surface area contributed by atoms with Crippen molar-refractivity contribution in [2.75, 3.05) is 60.5 Å². The topological polar surface area (TPSA) is 296 Å². The number of H-pyrrole nitrogens is 2. The summed E-state index contributed by atoms with van der Waals surface area (Å²) in [6, 6.07) is 11.0. The van der Waals surface area contributed by atoms with E-state index in [2.05, 4.69) is 131 Å². The summed E-state index contributed by atoms with van der Waals surface area (Å²) in [6.07, 6.45) is 18.5. The number of nitrogens with one attached hydrogen (secondary N) is 4. The predicted octanol–water partition coefficient (Wildman–Crippen LogP) is 17.0. The Morgan fingerprint density at radius 1 is 0.500 bits per heavy atom. The van der Waals surface area contributed by atoms with Gasteiger partial charge in [-0.3, -0.25) is 44.1 Å². The zero-order valence-electron chi connectivity index (χ0n) is 71.2. The number of aromatic nitrogens is 12. The van der Waals surface area contributed by atoms with Crippen LogP contribution < -0.4 is 53.5 Å². The van der Waals surface area contributed by atoms with Gasteiger partial charge >= 0.3 is 17.1 Å². The van der Waals surface area contributed by atoms with Crippen LogP contribution >= 0.6 is 46.4 Å². The number of carbonyl (C=O) groups excluding carboxylic acids is 2. The molecule has 9 aromatic heterocycles. The molecule has 652 valence electrons. The van der Waals surface area contributed by atoms with Gasteiger partial charge in [-0.1, -0.05) is 130 Å². The van der Waals surface area contributed by atoms with E-state index in [1.807, 2.05) is 97.2 Å². The molecule has 120 heavy (non-hydrogen) atoms. The number of halogens is 4. The zero-order valence-corrected chi connectivity index (χ0v) is 74.2. The van der Waals surface area contributed by atoms with Gasteiger partial charge in [-0.2, -0.15) is 4.98 Å². The van der Waals surface area contributed by atoms with Crippen LogP contribution in [0.15, 0.2) is 104 Å². The SMILES string of the molecule is C.C.C.C=CC(=O)N1C[C@H](C)N(c2nc(=O)n(-c3c(C)ccnc3C(C)C)c3nc(N4CCCCC4(C)C)c(Cl)cc23)C[C@H]1C.C=CC(=O)N1C[C@H](C)NC[C@H]1C.CC1(C)CCCCN1.Cc1ccnc(C(C)C)c1-n1c(=O)[nH]c(=O)c2cc(Cl)c(Cl)nc21.Cc1ccnc(C(C)C)c1-n1c(=O)[nH]c(=O)c2cc(Cl)c(N3CCCCC3(C)C)nc21. The maximum absolute atomic E-state index is 14.2. The lowest BCUT2D eigenvalue weighted by Gasteiger charge is -2.45. The molecule has 30 heteroatoms. The van der Waals surface area contributed by atoms with Crippen LogP contribution in [0.4, 0.5) is 17.5 Å². The van der Waals surface area contributed by atoms with Crippen LogP contribution in [0, 0.1) is 20.8 Å². The minimum absolute atomic E-state index is 0. The van der Waals surface area contributed by atoms with E-state index in [1.54, 1.807) is 35.3 Å². The molecule has 26 nitrogen and oxygen atoms in total. The molecule has 5 aliphatic rings. The minimum atomic E-state index is -0.601. The van der Waals surface area contributed by atoms with Crippen molar-refractivity contribution >= 4 is 109 Å². The molecule has 5 aliphatic heterocycles. The molecule has 4 N–H and O–H groups in total. The third kappa shape index (κ3) is 21.3. The Hall–Kier alpha value is -9.18. The number of anilines is 3. The second kappa shape index (κ2) is 40.7. The molecular formula is C90H127Cl4N19O7. The highest BCUT2D eigenvalue weighted by atomic mass is 35.5. The summed E-state index contributed by atoms with van der Waals surface area (Å²) in [4.78, 5) is 136. The average molecular weight is 1730 g/mol. The van der Waals surface area contributed by atoms with Gasteiger partial charge in [-0.25, -0.2) is 43.0 Å². The second-order valence-electron chi connectivity index (χ2n) is 34.3. The number of aromatic amines is 2. The van der Waals surface area contributed by atoms with Gasteiger partial charge in [0.15, 0.2) is 16.9 Å². The smallest absolute Gasteiger partial charge is 0.350 e. The monoisotopic (exact) mass is 1730 g/mol. The molecule has 0 unspecified atom stereocenters. The third-order valence-electron chi connectivity index (χ3n) is 22.8. The van der Waals surface area contributed by atoms with Crippen molar-refractivity contribution in [3.8, 4) is 17.1 Å². The van der Waals surface area contributed by atoms with E-state index in [4.69, 9.17) is 61.4 Å². The largest absolute Gasteiger partial charge is 0.355 e. The normalized spacial score (nSPS) is 18.6. The molecule has 2 amide bonds. The Labute approximate surface area is 727 Å². The fourth-order valence-electron chi connectivity index (χ4n) is 16.2. The van der Waals surface area contributed by atoms with Crippen molar-refractivity contribution in [1.82, 2.24) is 79.0 Å². The van der Waals surface area contributed by atoms with Gasteiger partial charge in [0.1, 0.15) is 22.6 Å². The van der Waals surface area contributed by atoms with E-state index in [-0.39, 0.29) is 108 Å². The lowest BCUT2D eigenvalue weighted by Crippen LogP contribution is -2.58. The molecule has 0 aliphatic carbocycles. The number of hydrogen-bond acceptors (Lipinski definition) is 19. The van der Waals surface area contributed by atoms with Crippen LogP contribution in [0.3, 0.4) is 0 Å². The number of nitrogens with zero attached hydrogens (tertiary/aromatic N) is 15. The Kier molecular flexibility index (Phi) is 33.2.